The Morgan fingerprint density at radius 3 is 2.52 bits per heavy atom. The molecule has 7 heteroatoms. The molecule has 0 bridgehead atoms. The molecule has 3 rings (SSSR count). The minimum Gasteiger partial charge on any atom is -0.378 e. The molecule has 31 heavy (non-hydrogen) atoms. The second-order valence-electron chi connectivity index (χ2n) is 7.80. The number of thiophene rings is 1. The van der Waals surface area contributed by atoms with Gasteiger partial charge in [-0.15, -0.1) is 11.3 Å². The Balaban J connectivity index is 1.88. The average Bonchev–Trinajstić information content (AvgIpc) is 3.12. The quantitative estimate of drug-likeness (QED) is 0.629. The largest absolute Gasteiger partial charge is 0.378 e. The molecule has 2 amide bonds. The van der Waals surface area contributed by atoms with Gasteiger partial charge in [-0.3, -0.25) is 14.5 Å². The van der Waals surface area contributed by atoms with E-state index in [1.807, 2.05) is 42.2 Å². The molecule has 2 heterocycles. The molecule has 1 aliphatic heterocycles. The third kappa shape index (κ3) is 5.93. The van der Waals surface area contributed by atoms with E-state index in [-0.39, 0.29) is 11.8 Å². The second-order valence-corrected chi connectivity index (χ2v) is 8.82. The number of amides is 2. The lowest BCUT2D eigenvalue weighted by Gasteiger charge is -2.27. The van der Waals surface area contributed by atoms with Crippen LogP contribution in [0.2, 0.25) is 0 Å². The van der Waals surface area contributed by atoms with Gasteiger partial charge in [0.1, 0.15) is 5.00 Å². The Morgan fingerprint density at radius 2 is 1.87 bits per heavy atom. The molecule has 0 unspecified atom stereocenters. The summed E-state index contributed by atoms with van der Waals surface area (Å²) in [6.45, 7) is 10.5. The van der Waals surface area contributed by atoms with E-state index in [0.717, 1.165) is 41.9 Å². The lowest BCUT2D eigenvalue weighted by atomic mass is 10.1. The Labute approximate surface area is 189 Å². The molecule has 0 aliphatic carbocycles. The molecular weight excluding hydrogens is 410 g/mol. The zero-order valence-corrected chi connectivity index (χ0v) is 19.6. The van der Waals surface area contributed by atoms with Gasteiger partial charge in [0.15, 0.2) is 0 Å². The van der Waals surface area contributed by atoms with E-state index >= 15 is 0 Å². The first kappa shape index (κ1) is 23.4. The van der Waals surface area contributed by atoms with Gasteiger partial charge in [0.05, 0.1) is 25.3 Å². The first-order chi connectivity index (χ1) is 15.0. The zero-order chi connectivity index (χ0) is 22.2. The summed E-state index contributed by atoms with van der Waals surface area (Å²) in [7, 11) is 0. The highest BCUT2D eigenvalue weighted by Crippen LogP contribution is 2.40. The van der Waals surface area contributed by atoms with Crippen LogP contribution in [0.15, 0.2) is 30.3 Å². The molecule has 1 aromatic heterocycles. The molecule has 0 atom stereocenters. The third-order valence-corrected chi connectivity index (χ3v) is 6.85. The summed E-state index contributed by atoms with van der Waals surface area (Å²) < 4.78 is 5.41. The fourth-order valence-electron chi connectivity index (χ4n) is 3.75. The first-order valence-corrected chi connectivity index (χ1v) is 11.9. The number of nitrogens with one attached hydrogen (secondary N) is 1. The summed E-state index contributed by atoms with van der Waals surface area (Å²) in [5.41, 5.74) is 2.58. The monoisotopic (exact) mass is 443 g/mol. The van der Waals surface area contributed by atoms with Gasteiger partial charge in [0.2, 0.25) is 5.91 Å². The Morgan fingerprint density at radius 1 is 1.16 bits per heavy atom. The number of carbonyl (C=O) groups is 2. The minimum atomic E-state index is -0.0742. The number of ether oxygens (including phenoxy) is 1. The Hall–Kier alpha value is -2.22. The number of unbranched alkanes of at least 4 members (excludes halogenated alkanes) is 1. The van der Waals surface area contributed by atoms with Crippen molar-refractivity contribution in [1.29, 1.82) is 0 Å². The number of hydrogen-bond donors (Lipinski definition) is 1. The van der Waals surface area contributed by atoms with Crippen LogP contribution in [0.25, 0.3) is 10.4 Å². The van der Waals surface area contributed by atoms with Crippen molar-refractivity contribution in [3.63, 3.8) is 0 Å². The van der Waals surface area contributed by atoms with Gasteiger partial charge < -0.3 is 15.0 Å². The predicted octanol–water partition coefficient (Wildman–Crippen LogP) is 4.26. The van der Waals surface area contributed by atoms with Crippen LogP contribution < -0.4 is 5.32 Å². The van der Waals surface area contributed by atoms with Crippen molar-refractivity contribution in [2.75, 3.05) is 51.3 Å². The maximum atomic E-state index is 13.4. The number of benzene rings is 1. The van der Waals surface area contributed by atoms with Gasteiger partial charge in [-0.05, 0) is 37.6 Å². The number of nitrogens with zero attached hydrogens (tertiary/aromatic N) is 2. The highest BCUT2D eigenvalue weighted by Gasteiger charge is 2.28. The van der Waals surface area contributed by atoms with Crippen LogP contribution in [0.4, 0.5) is 5.00 Å². The van der Waals surface area contributed by atoms with Crippen molar-refractivity contribution in [2.24, 2.45) is 0 Å². The third-order valence-electron chi connectivity index (χ3n) is 5.59. The van der Waals surface area contributed by atoms with Gasteiger partial charge >= 0.3 is 0 Å². The maximum absolute atomic E-state index is 13.4. The van der Waals surface area contributed by atoms with Gasteiger partial charge in [0, 0.05) is 18.0 Å². The van der Waals surface area contributed by atoms with Crippen LogP contribution in [0.3, 0.4) is 0 Å². The molecule has 168 valence electrons. The van der Waals surface area contributed by atoms with Gasteiger partial charge in [-0.25, -0.2) is 0 Å². The maximum Gasteiger partial charge on any atom is 0.257 e. The van der Waals surface area contributed by atoms with E-state index in [1.165, 1.54) is 11.3 Å². The van der Waals surface area contributed by atoms with E-state index in [9.17, 15) is 9.59 Å². The molecule has 0 radical (unpaired) electrons. The lowest BCUT2D eigenvalue weighted by molar-refractivity contribution is -0.117. The highest BCUT2D eigenvalue weighted by molar-refractivity contribution is 7.20. The second kappa shape index (κ2) is 11.4. The van der Waals surface area contributed by atoms with E-state index < -0.39 is 0 Å². The summed E-state index contributed by atoms with van der Waals surface area (Å²) in [4.78, 5) is 31.2. The smallest absolute Gasteiger partial charge is 0.257 e. The van der Waals surface area contributed by atoms with E-state index in [4.69, 9.17) is 4.74 Å². The van der Waals surface area contributed by atoms with Crippen molar-refractivity contribution in [3.8, 4) is 10.4 Å². The van der Waals surface area contributed by atoms with E-state index in [1.54, 1.807) is 0 Å². The number of anilines is 1. The van der Waals surface area contributed by atoms with Crippen LogP contribution in [-0.2, 0) is 9.53 Å². The Kier molecular flexibility index (Phi) is 8.63. The molecule has 1 fully saturated rings. The van der Waals surface area contributed by atoms with Crippen LogP contribution >= 0.6 is 11.3 Å². The Bertz CT molecular complexity index is 876. The summed E-state index contributed by atoms with van der Waals surface area (Å²) in [5.74, 6) is -0.109. The van der Waals surface area contributed by atoms with Gasteiger partial charge in [-0.2, -0.15) is 0 Å². The van der Waals surface area contributed by atoms with E-state index in [0.29, 0.717) is 43.4 Å². The van der Waals surface area contributed by atoms with Crippen molar-refractivity contribution >= 4 is 28.2 Å². The van der Waals surface area contributed by atoms with Crippen LogP contribution in [0.1, 0.15) is 42.6 Å². The average molecular weight is 444 g/mol. The summed E-state index contributed by atoms with van der Waals surface area (Å²) in [6, 6.07) is 10.0. The van der Waals surface area contributed by atoms with Crippen LogP contribution in [0.5, 0.6) is 0 Å². The number of carbonyl (C=O) groups excluding carboxylic acids is 2. The number of morpholine rings is 1. The van der Waals surface area contributed by atoms with Crippen molar-refractivity contribution < 1.29 is 14.3 Å². The topological polar surface area (TPSA) is 61.9 Å². The molecule has 6 nitrogen and oxygen atoms in total. The normalized spacial score (nSPS) is 14.1. The molecule has 1 aliphatic rings. The highest BCUT2D eigenvalue weighted by atomic mass is 32.1. The fraction of sp³-hybridized carbons (Fsp3) is 0.500. The zero-order valence-electron chi connectivity index (χ0n) is 18.8. The van der Waals surface area contributed by atoms with Crippen LogP contribution in [0, 0.1) is 6.92 Å². The standard InChI is InChI=1S/C24H33N3O3S/c1-4-6-12-26(5-2)17-20(28)25-23-21(24(29)27-13-15-30-16-14-27)18(3)22(31-23)19-10-8-7-9-11-19/h7-11H,4-6,12-17H2,1-3H3,(H,25,28). The van der Waals surface area contributed by atoms with Crippen molar-refractivity contribution in [1.82, 2.24) is 9.80 Å². The SMILES string of the molecule is CCCCN(CC)CC(=O)Nc1sc(-c2ccccc2)c(C)c1C(=O)N1CCOCC1. The minimum absolute atomic E-state index is 0.0344. The number of rotatable bonds is 9. The van der Waals surface area contributed by atoms with Gasteiger partial charge in [0.25, 0.3) is 5.91 Å². The molecule has 1 N–H and O–H groups in total. The molecular formula is C24H33N3O3S. The fourth-order valence-corrected chi connectivity index (χ4v) is 4.97. The van der Waals surface area contributed by atoms with Crippen LogP contribution in [-0.4, -0.2) is 67.6 Å². The number of likely N-dealkylation sites (N-methyl/N-ethyl adjacent to an activating group) is 1. The van der Waals surface area contributed by atoms with Crippen molar-refractivity contribution in [3.05, 3.63) is 41.5 Å². The summed E-state index contributed by atoms with van der Waals surface area (Å²) in [5, 5.41) is 3.70. The van der Waals surface area contributed by atoms with E-state index in [2.05, 4.69) is 24.1 Å². The lowest BCUT2D eigenvalue weighted by Crippen LogP contribution is -2.41. The van der Waals surface area contributed by atoms with Crippen molar-refractivity contribution in [2.45, 2.75) is 33.6 Å². The molecule has 1 saturated heterocycles. The number of hydrogen-bond acceptors (Lipinski definition) is 5. The molecule has 2 aromatic rings. The molecule has 0 saturated carbocycles. The first-order valence-electron chi connectivity index (χ1n) is 11.1. The molecule has 1 aromatic carbocycles. The summed E-state index contributed by atoms with van der Waals surface area (Å²) >= 11 is 1.48. The molecule has 0 spiro atoms. The summed E-state index contributed by atoms with van der Waals surface area (Å²) in [6.07, 6.45) is 2.17. The van der Waals surface area contributed by atoms with Gasteiger partial charge in [-0.1, -0.05) is 50.6 Å². The predicted molar refractivity (Wildman–Crippen MR) is 127 cm³/mol.